The molecule has 0 bridgehead atoms. The maximum atomic E-state index is 12.4. The average molecular weight is 359 g/mol. The molecule has 1 aliphatic rings. The highest BCUT2D eigenvalue weighted by Crippen LogP contribution is 2.58. The standard InChI is InChI=1S/C19H21NO6/c1-19(2)15(16(19)18(23)24)17(22)20-10-4-6-12(14(8-10)25-3)13-7-5-11(9-21)26-13/h4-8,15-16,21H,9H2,1-3H3,(H,20,22)(H,23,24)/t15-,16-/m0/s1. The molecule has 0 radical (unpaired) electrons. The van der Waals surface area contributed by atoms with Gasteiger partial charge in [0.05, 0.1) is 24.5 Å². The number of aliphatic hydroxyl groups excluding tert-OH is 1. The molecule has 26 heavy (non-hydrogen) atoms. The summed E-state index contributed by atoms with van der Waals surface area (Å²) in [4.78, 5) is 23.7. The number of hydrogen-bond acceptors (Lipinski definition) is 5. The number of aliphatic carboxylic acids is 1. The van der Waals surface area contributed by atoms with Gasteiger partial charge in [-0.1, -0.05) is 13.8 Å². The first kappa shape index (κ1) is 18.0. The lowest BCUT2D eigenvalue weighted by atomic mass is 10.1. The van der Waals surface area contributed by atoms with Crippen LogP contribution < -0.4 is 10.1 Å². The second-order valence-electron chi connectivity index (χ2n) is 6.94. The number of benzene rings is 1. The summed E-state index contributed by atoms with van der Waals surface area (Å²) in [5, 5.41) is 21.1. The van der Waals surface area contributed by atoms with Crippen LogP contribution in [0.2, 0.25) is 0 Å². The van der Waals surface area contributed by atoms with Gasteiger partial charge in [0.1, 0.15) is 23.9 Å². The van der Waals surface area contributed by atoms with Crippen LogP contribution in [0, 0.1) is 17.3 Å². The van der Waals surface area contributed by atoms with E-state index in [1.54, 1.807) is 44.2 Å². The summed E-state index contributed by atoms with van der Waals surface area (Å²) in [5.74, 6) is -1.05. The van der Waals surface area contributed by atoms with Crippen LogP contribution in [0.3, 0.4) is 0 Å². The Morgan fingerprint density at radius 1 is 1.23 bits per heavy atom. The van der Waals surface area contributed by atoms with E-state index >= 15 is 0 Å². The van der Waals surface area contributed by atoms with E-state index in [0.29, 0.717) is 28.5 Å². The summed E-state index contributed by atoms with van der Waals surface area (Å²) in [6, 6.07) is 8.49. The fourth-order valence-corrected chi connectivity index (χ4v) is 3.39. The number of hydrogen-bond donors (Lipinski definition) is 3. The van der Waals surface area contributed by atoms with E-state index in [1.807, 2.05) is 0 Å². The molecule has 1 heterocycles. The van der Waals surface area contributed by atoms with Gasteiger partial charge in [0.15, 0.2) is 0 Å². The van der Waals surface area contributed by atoms with Gasteiger partial charge in [-0.15, -0.1) is 0 Å². The molecule has 7 heteroatoms. The smallest absolute Gasteiger partial charge is 0.307 e. The SMILES string of the molecule is COc1cc(NC(=O)[C@@H]2[C@@H](C(=O)O)C2(C)C)ccc1-c1ccc(CO)o1. The Balaban J connectivity index is 1.80. The molecule has 0 unspecified atom stereocenters. The van der Waals surface area contributed by atoms with Crippen LogP contribution in [0.15, 0.2) is 34.7 Å². The largest absolute Gasteiger partial charge is 0.496 e. The van der Waals surface area contributed by atoms with E-state index in [-0.39, 0.29) is 12.5 Å². The number of carboxylic acids is 1. The Hall–Kier alpha value is -2.80. The number of furan rings is 1. The van der Waals surface area contributed by atoms with E-state index in [9.17, 15) is 14.7 Å². The van der Waals surface area contributed by atoms with Crippen LogP contribution in [0.1, 0.15) is 19.6 Å². The predicted molar refractivity (Wildman–Crippen MR) is 93.6 cm³/mol. The quantitative estimate of drug-likeness (QED) is 0.732. The van der Waals surface area contributed by atoms with E-state index in [2.05, 4.69) is 5.32 Å². The Kier molecular flexibility index (Phi) is 4.50. The number of aliphatic hydroxyl groups is 1. The number of carbonyl (C=O) groups is 2. The van der Waals surface area contributed by atoms with Gasteiger partial charge in [0.25, 0.3) is 0 Å². The van der Waals surface area contributed by atoms with Crippen LogP contribution in [0.25, 0.3) is 11.3 Å². The van der Waals surface area contributed by atoms with Crippen LogP contribution in [0.5, 0.6) is 5.75 Å². The van der Waals surface area contributed by atoms with Crippen LogP contribution >= 0.6 is 0 Å². The molecule has 2 aromatic rings. The van der Waals surface area contributed by atoms with Crippen molar-refractivity contribution in [3.05, 3.63) is 36.1 Å². The summed E-state index contributed by atoms with van der Waals surface area (Å²) in [7, 11) is 1.50. The molecule has 0 saturated heterocycles. The fourth-order valence-electron chi connectivity index (χ4n) is 3.39. The molecular weight excluding hydrogens is 338 g/mol. The maximum absolute atomic E-state index is 12.4. The summed E-state index contributed by atoms with van der Waals surface area (Å²) in [6.07, 6.45) is 0. The summed E-state index contributed by atoms with van der Waals surface area (Å²) in [6.45, 7) is 3.35. The molecule has 1 aromatic heterocycles. The van der Waals surface area contributed by atoms with Crippen LogP contribution in [0.4, 0.5) is 5.69 Å². The fraction of sp³-hybridized carbons (Fsp3) is 0.368. The molecule has 1 saturated carbocycles. The Labute approximate surface area is 150 Å². The number of ether oxygens (including phenoxy) is 1. The van der Waals surface area contributed by atoms with Crippen molar-refractivity contribution in [1.29, 1.82) is 0 Å². The molecular formula is C19H21NO6. The third-order valence-electron chi connectivity index (χ3n) is 4.93. The molecule has 138 valence electrons. The first-order chi connectivity index (χ1) is 12.3. The van der Waals surface area contributed by atoms with Gasteiger partial charge in [-0.2, -0.15) is 0 Å². The number of anilines is 1. The first-order valence-electron chi connectivity index (χ1n) is 8.21. The molecule has 2 atom stereocenters. The summed E-state index contributed by atoms with van der Waals surface area (Å²) < 4.78 is 10.9. The second kappa shape index (κ2) is 6.49. The maximum Gasteiger partial charge on any atom is 0.307 e. The molecule has 1 aromatic carbocycles. The Morgan fingerprint density at radius 3 is 2.50 bits per heavy atom. The van der Waals surface area contributed by atoms with Crippen LogP contribution in [-0.4, -0.2) is 29.2 Å². The number of amides is 1. The number of carbonyl (C=O) groups excluding carboxylic acids is 1. The molecule has 3 rings (SSSR count). The second-order valence-corrected chi connectivity index (χ2v) is 6.94. The zero-order chi connectivity index (χ0) is 19.1. The highest BCUT2D eigenvalue weighted by molar-refractivity contribution is 6.00. The number of methoxy groups -OCH3 is 1. The first-order valence-corrected chi connectivity index (χ1v) is 8.21. The van der Waals surface area contributed by atoms with Crippen molar-refractivity contribution in [1.82, 2.24) is 0 Å². The summed E-state index contributed by atoms with van der Waals surface area (Å²) >= 11 is 0. The molecule has 1 amide bonds. The minimum atomic E-state index is -0.958. The molecule has 1 fully saturated rings. The van der Waals surface area contributed by atoms with Crippen molar-refractivity contribution in [3.8, 4) is 17.1 Å². The highest BCUT2D eigenvalue weighted by atomic mass is 16.5. The van der Waals surface area contributed by atoms with Crippen molar-refractivity contribution >= 4 is 17.6 Å². The zero-order valence-electron chi connectivity index (χ0n) is 14.8. The lowest BCUT2D eigenvalue weighted by molar-refractivity contribution is -0.140. The van der Waals surface area contributed by atoms with E-state index in [4.69, 9.17) is 14.3 Å². The van der Waals surface area contributed by atoms with E-state index in [0.717, 1.165) is 0 Å². The van der Waals surface area contributed by atoms with Gasteiger partial charge in [-0.05, 0) is 29.7 Å². The van der Waals surface area contributed by atoms with Gasteiger partial charge < -0.3 is 24.7 Å². The van der Waals surface area contributed by atoms with Gasteiger partial charge in [0.2, 0.25) is 5.91 Å². The van der Waals surface area contributed by atoms with Crippen molar-refractivity contribution < 1.29 is 29.0 Å². The number of nitrogens with one attached hydrogen (secondary N) is 1. The van der Waals surface area contributed by atoms with Gasteiger partial charge in [0, 0.05) is 11.8 Å². The van der Waals surface area contributed by atoms with E-state index in [1.165, 1.54) is 7.11 Å². The third kappa shape index (κ3) is 3.06. The predicted octanol–water partition coefficient (Wildman–Crippen LogP) is 2.74. The lowest BCUT2D eigenvalue weighted by Gasteiger charge is -2.11. The lowest BCUT2D eigenvalue weighted by Crippen LogP contribution is -2.17. The highest BCUT2D eigenvalue weighted by Gasteiger charge is 2.65. The van der Waals surface area contributed by atoms with Gasteiger partial charge in [-0.25, -0.2) is 0 Å². The monoisotopic (exact) mass is 359 g/mol. The molecule has 7 nitrogen and oxygen atoms in total. The molecule has 1 aliphatic carbocycles. The molecule has 0 aliphatic heterocycles. The number of carboxylic acid groups (broad SMARTS) is 1. The minimum Gasteiger partial charge on any atom is -0.496 e. The van der Waals surface area contributed by atoms with Gasteiger partial charge >= 0.3 is 5.97 Å². The summed E-state index contributed by atoms with van der Waals surface area (Å²) in [5.41, 5.74) is 0.631. The van der Waals surface area contributed by atoms with Crippen molar-refractivity contribution in [3.63, 3.8) is 0 Å². The molecule has 0 spiro atoms. The van der Waals surface area contributed by atoms with Gasteiger partial charge in [-0.3, -0.25) is 9.59 Å². The number of rotatable bonds is 6. The van der Waals surface area contributed by atoms with Crippen LogP contribution in [-0.2, 0) is 16.2 Å². The minimum absolute atomic E-state index is 0.196. The van der Waals surface area contributed by atoms with E-state index < -0.39 is 23.2 Å². The zero-order valence-corrected chi connectivity index (χ0v) is 14.8. The van der Waals surface area contributed by atoms with Crippen molar-refractivity contribution in [2.24, 2.45) is 17.3 Å². The van der Waals surface area contributed by atoms with Crippen molar-refractivity contribution in [2.45, 2.75) is 20.5 Å². The van der Waals surface area contributed by atoms with Crippen molar-refractivity contribution in [2.75, 3.05) is 12.4 Å². The average Bonchev–Trinajstić information content (AvgIpc) is 2.94. The molecule has 3 N–H and O–H groups in total. The third-order valence-corrected chi connectivity index (χ3v) is 4.93. The Bertz CT molecular complexity index is 853. The normalized spacial score (nSPS) is 20.5. The topological polar surface area (TPSA) is 109 Å². The Morgan fingerprint density at radius 2 is 1.96 bits per heavy atom.